The molecule has 0 atom stereocenters. The second kappa shape index (κ2) is 8.63. The van der Waals surface area contributed by atoms with E-state index in [0.717, 1.165) is 0 Å². The van der Waals surface area contributed by atoms with Crippen LogP contribution in [0.4, 0.5) is 0 Å². The van der Waals surface area contributed by atoms with Crippen molar-refractivity contribution in [1.29, 1.82) is 0 Å². The molecule has 0 saturated carbocycles. The van der Waals surface area contributed by atoms with E-state index < -0.39 is 11.8 Å². The van der Waals surface area contributed by atoms with E-state index in [9.17, 15) is 9.59 Å². The summed E-state index contributed by atoms with van der Waals surface area (Å²) in [6.45, 7) is 2.50. The van der Waals surface area contributed by atoms with Gasteiger partial charge in [-0.3, -0.25) is 9.59 Å². The third kappa shape index (κ3) is 10.5. The number of hydrogen-bond donors (Lipinski definition) is 3. The molecule has 0 bridgehead atoms. The van der Waals surface area contributed by atoms with Crippen molar-refractivity contribution in [2.45, 2.75) is 6.42 Å². The minimum absolute atomic E-state index is 0. The molecule has 1 rings (SSSR count). The Kier molecular flexibility index (Phi) is 11.1. The van der Waals surface area contributed by atoms with Crippen LogP contribution in [0, 0.1) is 0 Å². The van der Waals surface area contributed by atoms with Gasteiger partial charge in [0, 0.05) is 0 Å². The topological polar surface area (TPSA) is 98.2 Å². The Balaban J connectivity index is -0.000000120. The van der Waals surface area contributed by atoms with Crippen LogP contribution in [0.1, 0.15) is 7.85 Å². The van der Waals surface area contributed by atoms with Gasteiger partial charge >= 0.3 is 63.2 Å². The molecular formula is C5H12KN3O2. The standard InChI is InChI=1S/C3H7N.C2H4N2O2.K.H/c1-2-4-3-1;3-1(5)2(4)6;;/h4H,1-3H2;(H2,3,5)(H2,4,6);;/q;;+1;-1. The van der Waals surface area contributed by atoms with Crippen LogP contribution in [0.15, 0.2) is 0 Å². The Hall–Kier alpha value is 0.536. The Morgan fingerprint density at radius 1 is 1.18 bits per heavy atom. The molecule has 1 saturated heterocycles. The number of amides is 2. The summed E-state index contributed by atoms with van der Waals surface area (Å²) in [5, 5.41) is 3.11. The fourth-order valence-electron chi connectivity index (χ4n) is 0.177. The third-order valence-electron chi connectivity index (χ3n) is 0.950. The van der Waals surface area contributed by atoms with Gasteiger partial charge in [-0.05, 0) is 19.5 Å². The van der Waals surface area contributed by atoms with Crippen molar-refractivity contribution in [1.82, 2.24) is 5.32 Å². The van der Waals surface area contributed by atoms with E-state index in [1.165, 1.54) is 19.5 Å². The number of hydrogen-bond acceptors (Lipinski definition) is 3. The van der Waals surface area contributed by atoms with E-state index in [-0.39, 0.29) is 52.8 Å². The fraction of sp³-hybridized carbons (Fsp3) is 0.600. The summed E-state index contributed by atoms with van der Waals surface area (Å²) in [6.07, 6.45) is 1.39. The molecule has 1 heterocycles. The molecule has 0 aromatic carbocycles. The summed E-state index contributed by atoms with van der Waals surface area (Å²) in [5.74, 6) is -2.20. The molecule has 2 amide bonds. The average Bonchev–Trinajstić information content (AvgIpc) is 1.59. The molecule has 0 unspecified atom stereocenters. The average molecular weight is 185 g/mol. The van der Waals surface area contributed by atoms with Gasteiger partial charge in [-0.1, -0.05) is 0 Å². The van der Waals surface area contributed by atoms with E-state index in [1.54, 1.807) is 0 Å². The molecule has 0 radical (unpaired) electrons. The molecular weight excluding hydrogens is 173 g/mol. The van der Waals surface area contributed by atoms with Crippen LogP contribution in [0.5, 0.6) is 0 Å². The van der Waals surface area contributed by atoms with Crippen molar-refractivity contribution in [2.24, 2.45) is 11.5 Å². The summed E-state index contributed by atoms with van der Waals surface area (Å²) < 4.78 is 0. The predicted octanol–water partition coefficient (Wildman–Crippen LogP) is -4.95. The largest absolute Gasteiger partial charge is 1.00 e. The fourth-order valence-corrected chi connectivity index (χ4v) is 0.177. The van der Waals surface area contributed by atoms with Crippen LogP contribution in [-0.4, -0.2) is 24.9 Å². The first kappa shape index (κ1) is 14.1. The van der Waals surface area contributed by atoms with Crippen LogP contribution >= 0.6 is 0 Å². The molecule has 11 heavy (non-hydrogen) atoms. The molecule has 60 valence electrons. The number of carbonyl (C=O) groups is 2. The SMILES string of the molecule is C1CNC1.NC(=O)C(N)=O.[H-].[K+]. The van der Waals surface area contributed by atoms with Crippen molar-refractivity contribution in [3.63, 3.8) is 0 Å². The van der Waals surface area contributed by atoms with Gasteiger partial charge in [0.25, 0.3) is 0 Å². The van der Waals surface area contributed by atoms with Gasteiger partial charge in [0.05, 0.1) is 0 Å². The minimum atomic E-state index is -1.10. The molecule has 5 N–H and O–H groups in total. The summed E-state index contributed by atoms with van der Waals surface area (Å²) in [7, 11) is 0. The Labute approximate surface area is 109 Å². The van der Waals surface area contributed by atoms with Crippen molar-refractivity contribution < 1.29 is 62.4 Å². The van der Waals surface area contributed by atoms with Crippen LogP contribution in [-0.2, 0) is 9.59 Å². The Bertz CT molecular complexity index is 125. The zero-order valence-electron chi connectivity index (χ0n) is 7.59. The second-order valence-electron chi connectivity index (χ2n) is 1.83. The van der Waals surface area contributed by atoms with Crippen LogP contribution < -0.4 is 68.2 Å². The van der Waals surface area contributed by atoms with Crippen molar-refractivity contribution in [3.05, 3.63) is 0 Å². The van der Waals surface area contributed by atoms with Crippen LogP contribution in [0.25, 0.3) is 0 Å². The first-order valence-corrected chi connectivity index (χ1v) is 2.94. The van der Waals surface area contributed by atoms with Crippen LogP contribution in [0.2, 0.25) is 0 Å². The monoisotopic (exact) mass is 185 g/mol. The van der Waals surface area contributed by atoms with Crippen LogP contribution in [0.3, 0.4) is 0 Å². The van der Waals surface area contributed by atoms with E-state index >= 15 is 0 Å². The molecule has 0 spiro atoms. The summed E-state index contributed by atoms with van der Waals surface area (Å²) in [5.41, 5.74) is 8.64. The molecule has 0 aromatic heterocycles. The maximum absolute atomic E-state index is 9.45. The van der Waals surface area contributed by atoms with Gasteiger partial charge in [-0.2, -0.15) is 0 Å². The second-order valence-corrected chi connectivity index (χ2v) is 1.83. The third-order valence-corrected chi connectivity index (χ3v) is 0.950. The molecule has 1 aliphatic heterocycles. The zero-order valence-corrected chi connectivity index (χ0v) is 9.72. The number of carbonyl (C=O) groups excluding carboxylic acids is 2. The molecule has 1 fully saturated rings. The van der Waals surface area contributed by atoms with E-state index in [1.807, 2.05) is 0 Å². The van der Waals surface area contributed by atoms with Gasteiger partial charge < -0.3 is 18.2 Å². The Morgan fingerprint density at radius 3 is 1.36 bits per heavy atom. The van der Waals surface area contributed by atoms with Crippen molar-refractivity contribution >= 4 is 11.8 Å². The van der Waals surface area contributed by atoms with Gasteiger partial charge in [0.2, 0.25) is 0 Å². The first-order chi connectivity index (χ1) is 4.64. The molecule has 1 aliphatic rings. The van der Waals surface area contributed by atoms with E-state index in [2.05, 4.69) is 16.8 Å². The maximum atomic E-state index is 9.45. The summed E-state index contributed by atoms with van der Waals surface area (Å²) in [4.78, 5) is 18.9. The van der Waals surface area contributed by atoms with E-state index in [0.29, 0.717) is 0 Å². The predicted molar refractivity (Wildman–Crippen MR) is 37.0 cm³/mol. The van der Waals surface area contributed by atoms with Crippen molar-refractivity contribution in [3.8, 4) is 0 Å². The molecule has 0 aliphatic carbocycles. The number of rotatable bonds is 0. The van der Waals surface area contributed by atoms with Crippen molar-refractivity contribution in [2.75, 3.05) is 13.1 Å². The number of nitrogens with two attached hydrogens (primary N) is 2. The molecule has 6 heteroatoms. The number of nitrogens with one attached hydrogen (secondary N) is 1. The molecule has 5 nitrogen and oxygen atoms in total. The van der Waals surface area contributed by atoms with E-state index in [4.69, 9.17) is 0 Å². The van der Waals surface area contributed by atoms with Gasteiger partial charge in [-0.15, -0.1) is 0 Å². The Morgan fingerprint density at radius 2 is 1.36 bits per heavy atom. The molecule has 0 aromatic rings. The zero-order chi connectivity index (χ0) is 7.98. The van der Waals surface area contributed by atoms with Gasteiger partial charge in [-0.25, -0.2) is 0 Å². The summed E-state index contributed by atoms with van der Waals surface area (Å²) >= 11 is 0. The number of primary amides is 2. The first-order valence-electron chi connectivity index (χ1n) is 2.94. The quantitative estimate of drug-likeness (QED) is 0.260. The smallest absolute Gasteiger partial charge is 1.00 e. The van der Waals surface area contributed by atoms with Gasteiger partial charge in [0.1, 0.15) is 0 Å². The van der Waals surface area contributed by atoms with Gasteiger partial charge in [0.15, 0.2) is 0 Å². The summed E-state index contributed by atoms with van der Waals surface area (Å²) in [6, 6.07) is 0. The minimum Gasteiger partial charge on any atom is -1.00 e. The normalized spacial score (nSPS) is 12.7. The maximum Gasteiger partial charge on any atom is 1.00 e.